The van der Waals surface area contributed by atoms with Gasteiger partial charge in [0.2, 0.25) is 0 Å². The zero-order chi connectivity index (χ0) is 13.1. The molecule has 0 aliphatic carbocycles. The van der Waals surface area contributed by atoms with E-state index in [1.165, 1.54) is 17.1 Å². The smallest absolute Gasteiger partial charge is 0.0804 e. The summed E-state index contributed by atoms with van der Waals surface area (Å²) in [7, 11) is 0. The lowest BCUT2D eigenvalue weighted by molar-refractivity contribution is 0.840. The molecule has 0 saturated carbocycles. The van der Waals surface area contributed by atoms with Gasteiger partial charge in [-0.1, -0.05) is 49.5 Å². The van der Waals surface area contributed by atoms with Gasteiger partial charge in [0, 0.05) is 0 Å². The highest BCUT2D eigenvalue weighted by molar-refractivity contribution is 7.05. The molecule has 1 unspecified atom stereocenters. The first-order valence-corrected chi connectivity index (χ1v) is 7.07. The Bertz CT molecular complexity index is 502. The number of aromatic nitrogens is 2. The molecule has 4 heteroatoms. The molecule has 0 fully saturated rings. The van der Waals surface area contributed by atoms with E-state index in [1.807, 2.05) is 0 Å². The van der Waals surface area contributed by atoms with Crippen LogP contribution in [0.25, 0.3) is 0 Å². The predicted molar refractivity (Wildman–Crippen MR) is 75.8 cm³/mol. The standard InChI is InChI=1S/C14H19N3S/c1-4-12-14(18-17-16-12)13(15)11-7-5-10(6-8-11)9(2)3/h5-9,13H,4,15H2,1-3H3. The molecule has 0 spiro atoms. The molecule has 0 saturated heterocycles. The molecule has 0 amide bonds. The molecule has 0 radical (unpaired) electrons. The van der Waals surface area contributed by atoms with Crippen molar-refractivity contribution in [1.82, 2.24) is 9.59 Å². The Hall–Kier alpha value is -1.26. The van der Waals surface area contributed by atoms with Crippen molar-refractivity contribution >= 4 is 11.5 Å². The fourth-order valence-corrected chi connectivity index (χ4v) is 2.70. The number of rotatable bonds is 4. The van der Waals surface area contributed by atoms with E-state index in [4.69, 9.17) is 5.73 Å². The zero-order valence-corrected chi connectivity index (χ0v) is 11.9. The van der Waals surface area contributed by atoms with E-state index in [0.29, 0.717) is 5.92 Å². The first kappa shape index (κ1) is 13.2. The van der Waals surface area contributed by atoms with Crippen molar-refractivity contribution in [3.63, 3.8) is 0 Å². The van der Waals surface area contributed by atoms with Crippen molar-refractivity contribution in [2.75, 3.05) is 0 Å². The highest BCUT2D eigenvalue weighted by atomic mass is 32.1. The van der Waals surface area contributed by atoms with Crippen LogP contribution in [0.4, 0.5) is 0 Å². The summed E-state index contributed by atoms with van der Waals surface area (Å²) in [6, 6.07) is 8.42. The molecule has 2 N–H and O–H groups in total. The molecule has 18 heavy (non-hydrogen) atoms. The molecule has 96 valence electrons. The van der Waals surface area contributed by atoms with Gasteiger partial charge < -0.3 is 5.73 Å². The second-order valence-electron chi connectivity index (χ2n) is 4.74. The fraction of sp³-hybridized carbons (Fsp3) is 0.429. The molecule has 0 aliphatic rings. The molecule has 3 nitrogen and oxygen atoms in total. The normalized spacial score (nSPS) is 12.9. The first-order chi connectivity index (χ1) is 8.63. The van der Waals surface area contributed by atoms with E-state index >= 15 is 0 Å². The van der Waals surface area contributed by atoms with E-state index in [-0.39, 0.29) is 6.04 Å². The van der Waals surface area contributed by atoms with Gasteiger partial charge >= 0.3 is 0 Å². The topological polar surface area (TPSA) is 51.8 Å². The van der Waals surface area contributed by atoms with Crippen LogP contribution in [0.3, 0.4) is 0 Å². The minimum absolute atomic E-state index is 0.110. The van der Waals surface area contributed by atoms with Crippen LogP contribution in [0.15, 0.2) is 24.3 Å². The third kappa shape index (κ3) is 2.60. The number of aryl methyl sites for hydroxylation is 1. The van der Waals surface area contributed by atoms with Crippen LogP contribution in [-0.2, 0) is 6.42 Å². The summed E-state index contributed by atoms with van der Waals surface area (Å²) in [6.45, 7) is 6.46. The molecule has 1 aromatic carbocycles. The van der Waals surface area contributed by atoms with E-state index in [9.17, 15) is 0 Å². The van der Waals surface area contributed by atoms with Gasteiger partial charge in [0.1, 0.15) is 0 Å². The van der Waals surface area contributed by atoms with Gasteiger partial charge in [-0.15, -0.1) is 5.10 Å². The molecule has 1 aromatic heterocycles. The maximum absolute atomic E-state index is 6.29. The first-order valence-electron chi connectivity index (χ1n) is 6.30. The minimum Gasteiger partial charge on any atom is -0.320 e. The molecule has 1 atom stereocenters. The van der Waals surface area contributed by atoms with Crippen molar-refractivity contribution < 1.29 is 0 Å². The van der Waals surface area contributed by atoms with Crippen LogP contribution in [-0.4, -0.2) is 9.59 Å². The Kier molecular flexibility index (Phi) is 4.09. The Morgan fingerprint density at radius 2 is 1.78 bits per heavy atom. The molecule has 1 heterocycles. The zero-order valence-electron chi connectivity index (χ0n) is 11.1. The van der Waals surface area contributed by atoms with Crippen molar-refractivity contribution in [2.45, 2.75) is 39.2 Å². The van der Waals surface area contributed by atoms with Crippen molar-refractivity contribution in [3.05, 3.63) is 46.0 Å². The number of hydrogen-bond acceptors (Lipinski definition) is 4. The molecular formula is C14H19N3S. The summed E-state index contributed by atoms with van der Waals surface area (Å²) in [5.41, 5.74) is 9.77. The molecule has 0 bridgehead atoms. The van der Waals surface area contributed by atoms with Gasteiger partial charge in [0.25, 0.3) is 0 Å². The van der Waals surface area contributed by atoms with Gasteiger partial charge in [-0.3, -0.25) is 0 Å². The average Bonchev–Trinajstić information content (AvgIpc) is 2.86. The van der Waals surface area contributed by atoms with E-state index in [1.54, 1.807) is 0 Å². The molecule has 2 rings (SSSR count). The van der Waals surface area contributed by atoms with Gasteiger partial charge in [-0.25, -0.2) is 0 Å². The van der Waals surface area contributed by atoms with Crippen molar-refractivity contribution in [2.24, 2.45) is 5.73 Å². The van der Waals surface area contributed by atoms with Crippen LogP contribution in [0, 0.1) is 0 Å². The Labute approximate surface area is 112 Å². The van der Waals surface area contributed by atoms with Crippen LogP contribution in [0.5, 0.6) is 0 Å². The quantitative estimate of drug-likeness (QED) is 0.919. The Balaban J connectivity index is 2.26. The fourth-order valence-electron chi connectivity index (χ4n) is 1.94. The maximum Gasteiger partial charge on any atom is 0.0804 e. The largest absolute Gasteiger partial charge is 0.320 e. The average molecular weight is 261 g/mol. The summed E-state index contributed by atoms with van der Waals surface area (Å²) in [5, 5.41) is 4.12. The number of nitrogens with two attached hydrogens (primary N) is 1. The summed E-state index contributed by atoms with van der Waals surface area (Å²) in [5.74, 6) is 0.548. The van der Waals surface area contributed by atoms with Crippen LogP contribution < -0.4 is 5.73 Å². The highest BCUT2D eigenvalue weighted by Crippen LogP contribution is 2.26. The van der Waals surface area contributed by atoms with E-state index in [2.05, 4.69) is 54.6 Å². The van der Waals surface area contributed by atoms with Crippen molar-refractivity contribution in [1.29, 1.82) is 0 Å². The monoisotopic (exact) mass is 261 g/mol. The van der Waals surface area contributed by atoms with Gasteiger partial charge in [0.05, 0.1) is 16.6 Å². The third-order valence-electron chi connectivity index (χ3n) is 3.16. The third-order valence-corrected chi connectivity index (χ3v) is 4.01. The van der Waals surface area contributed by atoms with E-state index < -0.39 is 0 Å². The van der Waals surface area contributed by atoms with Gasteiger partial charge in [0.15, 0.2) is 0 Å². The lowest BCUT2D eigenvalue weighted by Gasteiger charge is -2.12. The number of hydrogen-bond donors (Lipinski definition) is 1. The predicted octanol–water partition coefficient (Wildman–Crippen LogP) is 3.27. The van der Waals surface area contributed by atoms with Gasteiger partial charge in [-0.05, 0) is 35.0 Å². The second-order valence-corrected chi connectivity index (χ2v) is 5.52. The minimum atomic E-state index is -0.110. The second kappa shape index (κ2) is 5.59. The SMILES string of the molecule is CCc1nnsc1C(N)c1ccc(C(C)C)cc1. The lowest BCUT2D eigenvalue weighted by atomic mass is 9.98. The maximum atomic E-state index is 6.29. The molecule has 0 aliphatic heterocycles. The summed E-state index contributed by atoms with van der Waals surface area (Å²) < 4.78 is 4.00. The van der Waals surface area contributed by atoms with Crippen LogP contribution in [0.1, 0.15) is 54.4 Å². The summed E-state index contributed by atoms with van der Waals surface area (Å²) >= 11 is 1.40. The summed E-state index contributed by atoms with van der Waals surface area (Å²) in [6.07, 6.45) is 0.879. The molecular weight excluding hydrogens is 242 g/mol. The molecule has 2 aromatic rings. The highest BCUT2D eigenvalue weighted by Gasteiger charge is 2.16. The number of nitrogens with zero attached hydrogens (tertiary/aromatic N) is 2. The lowest BCUT2D eigenvalue weighted by Crippen LogP contribution is -2.12. The number of benzene rings is 1. The van der Waals surface area contributed by atoms with E-state index in [0.717, 1.165) is 22.6 Å². The Morgan fingerprint density at radius 3 is 2.33 bits per heavy atom. The van der Waals surface area contributed by atoms with Crippen LogP contribution in [0.2, 0.25) is 0 Å². The van der Waals surface area contributed by atoms with Gasteiger partial charge in [-0.2, -0.15) is 0 Å². The Morgan fingerprint density at radius 1 is 1.17 bits per heavy atom. The van der Waals surface area contributed by atoms with Crippen LogP contribution >= 0.6 is 11.5 Å². The summed E-state index contributed by atoms with van der Waals surface area (Å²) in [4.78, 5) is 1.08. The van der Waals surface area contributed by atoms with Crippen molar-refractivity contribution in [3.8, 4) is 0 Å².